The van der Waals surface area contributed by atoms with Gasteiger partial charge >= 0.3 is 5.97 Å². The van der Waals surface area contributed by atoms with Gasteiger partial charge in [0.2, 0.25) is 5.91 Å². The van der Waals surface area contributed by atoms with E-state index in [1.54, 1.807) is 54.6 Å². The second kappa shape index (κ2) is 12.6. The molecule has 10 nitrogen and oxygen atoms in total. The molecule has 0 bridgehead atoms. The minimum absolute atomic E-state index is 0.0147. The van der Waals surface area contributed by atoms with Gasteiger partial charge in [-0.3, -0.25) is 14.4 Å². The minimum atomic E-state index is -0.898. The topological polar surface area (TPSA) is 125 Å². The first-order valence-electron chi connectivity index (χ1n) is 13.1. The van der Waals surface area contributed by atoms with Gasteiger partial charge in [0.25, 0.3) is 5.91 Å². The van der Waals surface area contributed by atoms with Crippen molar-refractivity contribution in [1.82, 2.24) is 14.9 Å². The molecule has 0 unspecified atom stereocenters. The summed E-state index contributed by atoms with van der Waals surface area (Å²) in [7, 11) is 3.31. The van der Waals surface area contributed by atoms with Crippen molar-refractivity contribution in [3.05, 3.63) is 80.7 Å². The molecule has 0 spiro atoms. The normalized spacial score (nSPS) is 16.8. The zero-order chi connectivity index (χ0) is 30.0. The quantitative estimate of drug-likeness (QED) is 0.230. The van der Waals surface area contributed by atoms with Crippen LogP contribution < -0.4 is 5.32 Å². The molecular formula is C29H28ClFN4O6S. The van der Waals surface area contributed by atoms with E-state index in [1.807, 2.05) is 0 Å². The lowest BCUT2D eigenvalue weighted by molar-refractivity contribution is -0.141. The van der Waals surface area contributed by atoms with Crippen molar-refractivity contribution in [1.29, 1.82) is 0 Å². The van der Waals surface area contributed by atoms with Crippen LogP contribution in [0, 0.1) is 5.82 Å². The first-order valence-corrected chi connectivity index (χ1v) is 14.3. The largest absolute Gasteiger partial charge is 0.481 e. The monoisotopic (exact) mass is 614 g/mol. The summed E-state index contributed by atoms with van der Waals surface area (Å²) in [5.74, 6) is -2.42. The molecule has 4 aromatic rings. The number of aliphatic carboxylic acids is 1. The van der Waals surface area contributed by atoms with Crippen molar-refractivity contribution in [3.8, 4) is 0 Å². The number of nitrogens with one attached hydrogen (secondary N) is 1. The Labute approximate surface area is 249 Å². The van der Waals surface area contributed by atoms with Crippen molar-refractivity contribution < 1.29 is 33.1 Å². The van der Waals surface area contributed by atoms with Crippen LogP contribution in [0.15, 0.2) is 53.3 Å². The number of benzene rings is 2. The number of hydrogen-bond donors (Lipinski definition) is 2. The third-order valence-corrected chi connectivity index (χ3v) is 8.77. The van der Waals surface area contributed by atoms with Crippen LogP contribution >= 0.6 is 22.9 Å². The SMILES string of the molecule is CON(C)[C@H]1C[C@@H](c2ncc(CCC(=O)O)s2)N(C(=O)Cc2cc(Cl)c(NC(=O)c3coc4ccccc34)cc2F)C1. The van der Waals surface area contributed by atoms with Gasteiger partial charge in [-0.25, -0.2) is 9.37 Å². The Morgan fingerprint density at radius 2 is 2.10 bits per heavy atom. The van der Waals surface area contributed by atoms with Crippen LogP contribution in [0.25, 0.3) is 11.0 Å². The van der Waals surface area contributed by atoms with E-state index in [0.29, 0.717) is 35.4 Å². The van der Waals surface area contributed by atoms with E-state index in [9.17, 15) is 14.4 Å². The molecule has 1 saturated heterocycles. The van der Waals surface area contributed by atoms with Crippen LogP contribution in [-0.4, -0.2) is 64.6 Å². The molecule has 1 fully saturated rings. The number of likely N-dealkylation sites (tertiary alicyclic amines) is 1. The molecule has 5 rings (SSSR count). The fraction of sp³-hybridized carbons (Fsp3) is 0.310. The summed E-state index contributed by atoms with van der Waals surface area (Å²) in [5, 5.41) is 14.7. The molecule has 2 atom stereocenters. The van der Waals surface area contributed by atoms with E-state index in [-0.39, 0.29) is 52.7 Å². The van der Waals surface area contributed by atoms with Gasteiger partial charge < -0.3 is 24.6 Å². The van der Waals surface area contributed by atoms with E-state index < -0.39 is 17.7 Å². The maximum Gasteiger partial charge on any atom is 0.303 e. The Morgan fingerprint density at radius 1 is 1.31 bits per heavy atom. The number of aryl methyl sites for hydroxylation is 1. The highest BCUT2D eigenvalue weighted by molar-refractivity contribution is 7.11. The van der Waals surface area contributed by atoms with Crippen LogP contribution in [0.2, 0.25) is 5.02 Å². The van der Waals surface area contributed by atoms with E-state index in [2.05, 4.69) is 10.3 Å². The van der Waals surface area contributed by atoms with Crippen LogP contribution in [0.3, 0.4) is 0 Å². The Morgan fingerprint density at radius 3 is 2.86 bits per heavy atom. The van der Waals surface area contributed by atoms with Crippen molar-refractivity contribution in [2.24, 2.45) is 0 Å². The summed E-state index contributed by atoms with van der Waals surface area (Å²) >= 11 is 7.79. The van der Waals surface area contributed by atoms with Gasteiger partial charge in [0.15, 0.2) is 0 Å². The second-order valence-electron chi connectivity index (χ2n) is 9.94. The average Bonchev–Trinajstić information content (AvgIpc) is 3.72. The Kier molecular flexibility index (Phi) is 8.88. The number of likely N-dealkylation sites (N-methyl/N-ethyl adjacent to an activating group) is 1. The number of rotatable bonds is 10. The van der Waals surface area contributed by atoms with E-state index >= 15 is 4.39 Å². The number of carboxylic acids is 1. The van der Waals surface area contributed by atoms with E-state index in [1.165, 1.54) is 23.7 Å². The van der Waals surface area contributed by atoms with Crippen LogP contribution in [0.1, 0.15) is 44.7 Å². The number of amides is 2. The van der Waals surface area contributed by atoms with Crippen molar-refractivity contribution in [2.45, 2.75) is 37.8 Å². The maximum atomic E-state index is 15.3. The van der Waals surface area contributed by atoms with Gasteiger partial charge in [-0.1, -0.05) is 29.8 Å². The Hall–Kier alpha value is -3.84. The lowest BCUT2D eigenvalue weighted by Crippen LogP contribution is -2.37. The summed E-state index contributed by atoms with van der Waals surface area (Å²) < 4.78 is 20.7. The number of aromatic nitrogens is 1. The number of carbonyl (C=O) groups excluding carboxylic acids is 2. The van der Waals surface area contributed by atoms with Gasteiger partial charge in [0.05, 0.1) is 48.3 Å². The van der Waals surface area contributed by atoms with Gasteiger partial charge in [-0.15, -0.1) is 11.3 Å². The lowest BCUT2D eigenvalue weighted by Gasteiger charge is -2.24. The predicted octanol–water partition coefficient (Wildman–Crippen LogP) is 5.33. The van der Waals surface area contributed by atoms with Crippen LogP contribution in [-0.2, 0) is 27.3 Å². The number of hydrogen-bond acceptors (Lipinski definition) is 8. The average molecular weight is 615 g/mol. The van der Waals surface area contributed by atoms with Gasteiger partial charge in [0, 0.05) is 30.1 Å². The highest BCUT2D eigenvalue weighted by Gasteiger charge is 2.40. The number of fused-ring (bicyclic) bond motifs is 1. The number of nitrogens with zero attached hydrogens (tertiary/aromatic N) is 3. The van der Waals surface area contributed by atoms with Crippen molar-refractivity contribution in [2.75, 3.05) is 26.0 Å². The number of anilines is 1. The molecule has 2 aromatic heterocycles. The van der Waals surface area contributed by atoms with E-state index in [0.717, 1.165) is 10.9 Å². The number of hydroxylamine groups is 2. The summed E-state index contributed by atoms with van der Waals surface area (Å²) in [6, 6.07) is 8.98. The first kappa shape index (κ1) is 29.6. The molecule has 42 heavy (non-hydrogen) atoms. The zero-order valence-corrected chi connectivity index (χ0v) is 24.4. The van der Waals surface area contributed by atoms with Crippen molar-refractivity contribution >= 4 is 57.4 Å². The molecule has 0 radical (unpaired) electrons. The molecule has 0 aliphatic carbocycles. The fourth-order valence-corrected chi connectivity index (χ4v) is 6.26. The molecule has 220 valence electrons. The molecule has 1 aliphatic heterocycles. The predicted molar refractivity (Wildman–Crippen MR) is 155 cm³/mol. The van der Waals surface area contributed by atoms with Crippen molar-refractivity contribution in [3.63, 3.8) is 0 Å². The summed E-state index contributed by atoms with van der Waals surface area (Å²) in [5.41, 5.74) is 0.978. The number of para-hydroxylation sites is 1. The summed E-state index contributed by atoms with van der Waals surface area (Å²) in [6.07, 6.45) is 3.58. The number of halogens is 2. The molecule has 2 aromatic carbocycles. The Bertz CT molecular complexity index is 1640. The zero-order valence-electron chi connectivity index (χ0n) is 22.8. The second-order valence-corrected chi connectivity index (χ2v) is 11.5. The smallest absolute Gasteiger partial charge is 0.303 e. The fourth-order valence-electron chi connectivity index (χ4n) is 4.99. The molecule has 3 heterocycles. The number of furan rings is 1. The molecular weight excluding hydrogens is 587 g/mol. The number of carboxylic acid groups (broad SMARTS) is 1. The molecule has 13 heteroatoms. The summed E-state index contributed by atoms with van der Waals surface area (Å²) in [6.45, 7) is 0.333. The third-order valence-electron chi connectivity index (χ3n) is 7.29. The molecule has 0 saturated carbocycles. The van der Waals surface area contributed by atoms with Crippen LogP contribution in [0.5, 0.6) is 0 Å². The van der Waals surface area contributed by atoms with Gasteiger partial charge in [-0.2, -0.15) is 5.06 Å². The first-order chi connectivity index (χ1) is 20.1. The highest BCUT2D eigenvalue weighted by atomic mass is 35.5. The Balaban J connectivity index is 1.32. The minimum Gasteiger partial charge on any atom is -0.481 e. The molecule has 2 N–H and O–H groups in total. The lowest BCUT2D eigenvalue weighted by atomic mass is 10.1. The van der Waals surface area contributed by atoms with Gasteiger partial charge in [-0.05, 0) is 36.6 Å². The third kappa shape index (κ3) is 6.31. The standard InChI is InChI=1S/C29H28ClFN4O6S/c1-34(40-2)17-11-24(29-32-13-18(42-29)7-8-27(37)38)35(14-17)26(36)10-16-9-21(30)23(12-22(16)31)33-28(39)20-15-41-25-6-4-3-5-19(20)25/h3-6,9,12-13,15,17,24H,7-8,10-11,14H2,1-2H3,(H,33,39)(H,37,38)/t17-,24-/m0/s1. The van der Waals surface area contributed by atoms with Gasteiger partial charge in [0.1, 0.15) is 22.7 Å². The molecule has 1 aliphatic rings. The highest BCUT2D eigenvalue weighted by Crippen LogP contribution is 2.37. The maximum absolute atomic E-state index is 15.3. The van der Waals surface area contributed by atoms with Crippen LogP contribution in [0.4, 0.5) is 10.1 Å². The number of thiazole rings is 1. The summed E-state index contributed by atoms with van der Waals surface area (Å²) in [4.78, 5) is 49.7. The van der Waals surface area contributed by atoms with E-state index in [4.69, 9.17) is 26.0 Å². The molecule has 2 amide bonds. The number of carbonyl (C=O) groups is 3.